The van der Waals surface area contributed by atoms with Crippen molar-refractivity contribution in [3.8, 4) is 0 Å². The molecule has 1 saturated carbocycles. The molecule has 2 aliphatic rings. The third-order valence-electron chi connectivity index (χ3n) is 3.69. The Morgan fingerprint density at radius 3 is 2.69 bits per heavy atom. The van der Waals surface area contributed by atoms with Crippen LogP contribution in [0.5, 0.6) is 0 Å². The summed E-state index contributed by atoms with van der Waals surface area (Å²) in [7, 11) is 0. The number of nitrogens with one attached hydrogen (secondary N) is 1. The van der Waals surface area contributed by atoms with E-state index in [2.05, 4.69) is 35.6 Å². The monoisotopic (exact) mass is 173 g/mol. The maximum atomic E-state index is 3.48. The van der Waals surface area contributed by atoms with E-state index in [1.54, 1.807) is 5.56 Å². The maximum Gasteiger partial charge on any atom is -0.00114 e. The minimum atomic E-state index is 0.848. The molecule has 0 spiro atoms. The SMILES string of the molecule is c1ccc([C@@H]2C[C@H]3CNC[C@@H]32)cc1. The van der Waals surface area contributed by atoms with Crippen LogP contribution < -0.4 is 5.32 Å². The molecule has 1 heterocycles. The summed E-state index contributed by atoms with van der Waals surface area (Å²) >= 11 is 0. The highest BCUT2D eigenvalue weighted by Crippen LogP contribution is 2.48. The highest BCUT2D eigenvalue weighted by atomic mass is 14.9. The highest BCUT2D eigenvalue weighted by molar-refractivity contribution is 5.24. The van der Waals surface area contributed by atoms with Crippen LogP contribution in [0.15, 0.2) is 30.3 Å². The summed E-state index contributed by atoms with van der Waals surface area (Å²) in [5.41, 5.74) is 1.55. The Bertz CT molecular complexity index is 293. The van der Waals surface area contributed by atoms with E-state index in [-0.39, 0.29) is 0 Å². The Balaban J connectivity index is 1.81. The molecule has 0 bridgehead atoms. The van der Waals surface area contributed by atoms with Gasteiger partial charge in [-0.2, -0.15) is 0 Å². The van der Waals surface area contributed by atoms with E-state index >= 15 is 0 Å². The van der Waals surface area contributed by atoms with Gasteiger partial charge in [0.05, 0.1) is 0 Å². The zero-order valence-electron chi connectivity index (χ0n) is 7.74. The Hall–Kier alpha value is -0.820. The van der Waals surface area contributed by atoms with Crippen molar-refractivity contribution in [3.63, 3.8) is 0 Å². The standard InChI is InChI=1S/C12H15N/c1-2-4-9(5-3-1)11-6-10-7-13-8-12(10)11/h1-5,10-13H,6-8H2/t10-,11-,12-/m0/s1. The largest absolute Gasteiger partial charge is 0.316 e. The van der Waals surface area contributed by atoms with Crippen molar-refractivity contribution in [1.29, 1.82) is 0 Å². The molecule has 3 rings (SSSR count). The van der Waals surface area contributed by atoms with Crippen molar-refractivity contribution in [1.82, 2.24) is 5.32 Å². The summed E-state index contributed by atoms with van der Waals surface area (Å²) < 4.78 is 0. The third-order valence-corrected chi connectivity index (χ3v) is 3.69. The maximum absolute atomic E-state index is 3.48. The van der Waals surface area contributed by atoms with Crippen LogP contribution in [0.3, 0.4) is 0 Å². The summed E-state index contributed by atoms with van der Waals surface area (Å²) in [6, 6.07) is 11.0. The van der Waals surface area contributed by atoms with Gasteiger partial charge < -0.3 is 5.32 Å². The lowest BCUT2D eigenvalue weighted by atomic mass is 9.64. The first-order chi connectivity index (χ1) is 6.45. The number of rotatable bonds is 1. The van der Waals surface area contributed by atoms with E-state index in [9.17, 15) is 0 Å². The van der Waals surface area contributed by atoms with Crippen LogP contribution in [0.25, 0.3) is 0 Å². The lowest BCUT2D eigenvalue weighted by Crippen LogP contribution is -2.33. The fourth-order valence-corrected chi connectivity index (χ4v) is 2.87. The molecule has 1 saturated heterocycles. The molecule has 0 aromatic heterocycles. The second kappa shape index (κ2) is 2.85. The average Bonchev–Trinajstić information content (AvgIpc) is 2.50. The Kier molecular flexibility index (Phi) is 1.66. The molecule has 1 aromatic rings. The summed E-state index contributed by atoms with van der Waals surface area (Å²) in [6.07, 6.45) is 1.40. The predicted octanol–water partition coefficient (Wildman–Crippen LogP) is 2.01. The summed E-state index contributed by atoms with van der Waals surface area (Å²) in [4.78, 5) is 0. The zero-order chi connectivity index (χ0) is 8.67. The number of hydrogen-bond acceptors (Lipinski definition) is 1. The Morgan fingerprint density at radius 1 is 1.08 bits per heavy atom. The van der Waals surface area contributed by atoms with Crippen molar-refractivity contribution in [2.24, 2.45) is 11.8 Å². The topological polar surface area (TPSA) is 12.0 Å². The quantitative estimate of drug-likeness (QED) is 0.685. The second-order valence-electron chi connectivity index (χ2n) is 4.34. The molecule has 1 aliphatic carbocycles. The molecule has 0 radical (unpaired) electrons. The molecule has 1 aromatic carbocycles. The summed E-state index contributed by atoms with van der Waals surface area (Å²) in [5.74, 6) is 2.76. The smallest absolute Gasteiger partial charge is 0.00114 e. The molecular weight excluding hydrogens is 158 g/mol. The van der Waals surface area contributed by atoms with Gasteiger partial charge in [-0.1, -0.05) is 30.3 Å². The van der Waals surface area contributed by atoms with E-state index in [1.165, 1.54) is 19.5 Å². The van der Waals surface area contributed by atoms with Gasteiger partial charge in [-0.3, -0.25) is 0 Å². The van der Waals surface area contributed by atoms with Gasteiger partial charge in [0.15, 0.2) is 0 Å². The van der Waals surface area contributed by atoms with E-state index < -0.39 is 0 Å². The van der Waals surface area contributed by atoms with Gasteiger partial charge in [0.25, 0.3) is 0 Å². The summed E-state index contributed by atoms with van der Waals surface area (Å²) in [6.45, 7) is 2.50. The number of hydrogen-bond donors (Lipinski definition) is 1. The highest BCUT2D eigenvalue weighted by Gasteiger charge is 2.44. The van der Waals surface area contributed by atoms with Crippen LogP contribution in [0, 0.1) is 11.8 Å². The van der Waals surface area contributed by atoms with E-state index in [0.29, 0.717) is 0 Å². The fraction of sp³-hybridized carbons (Fsp3) is 0.500. The average molecular weight is 173 g/mol. The van der Waals surface area contributed by atoms with Crippen LogP contribution in [0.1, 0.15) is 17.9 Å². The van der Waals surface area contributed by atoms with E-state index in [4.69, 9.17) is 0 Å². The summed E-state index contributed by atoms with van der Waals surface area (Å²) in [5, 5.41) is 3.48. The van der Waals surface area contributed by atoms with E-state index in [1.807, 2.05) is 0 Å². The van der Waals surface area contributed by atoms with E-state index in [0.717, 1.165) is 17.8 Å². The third kappa shape index (κ3) is 1.11. The van der Waals surface area contributed by atoms with Crippen molar-refractivity contribution in [3.05, 3.63) is 35.9 Å². The van der Waals surface area contributed by atoms with Crippen LogP contribution in [-0.4, -0.2) is 13.1 Å². The lowest BCUT2D eigenvalue weighted by molar-refractivity contribution is 0.191. The molecule has 68 valence electrons. The van der Waals surface area contributed by atoms with Crippen LogP contribution in [0.4, 0.5) is 0 Å². The second-order valence-corrected chi connectivity index (χ2v) is 4.34. The van der Waals surface area contributed by atoms with Gasteiger partial charge in [-0.05, 0) is 42.8 Å². The Labute approximate surface area is 79.2 Å². The van der Waals surface area contributed by atoms with Crippen molar-refractivity contribution in [2.75, 3.05) is 13.1 Å². The number of fused-ring (bicyclic) bond motifs is 1. The first kappa shape index (κ1) is 7.57. The van der Waals surface area contributed by atoms with Crippen LogP contribution >= 0.6 is 0 Å². The van der Waals surface area contributed by atoms with Gasteiger partial charge >= 0.3 is 0 Å². The molecular formula is C12H15N. The molecule has 1 nitrogen and oxygen atoms in total. The van der Waals surface area contributed by atoms with Crippen LogP contribution in [0.2, 0.25) is 0 Å². The minimum Gasteiger partial charge on any atom is -0.316 e. The van der Waals surface area contributed by atoms with Crippen molar-refractivity contribution in [2.45, 2.75) is 12.3 Å². The molecule has 0 amide bonds. The molecule has 0 unspecified atom stereocenters. The van der Waals surface area contributed by atoms with Gasteiger partial charge in [0, 0.05) is 0 Å². The molecule has 13 heavy (non-hydrogen) atoms. The molecule has 1 heteroatoms. The zero-order valence-corrected chi connectivity index (χ0v) is 7.74. The van der Waals surface area contributed by atoms with Crippen molar-refractivity contribution >= 4 is 0 Å². The van der Waals surface area contributed by atoms with Gasteiger partial charge in [0.1, 0.15) is 0 Å². The number of benzene rings is 1. The first-order valence-electron chi connectivity index (χ1n) is 5.21. The molecule has 1 aliphatic heterocycles. The minimum absolute atomic E-state index is 0.848. The Morgan fingerprint density at radius 2 is 1.92 bits per heavy atom. The first-order valence-corrected chi connectivity index (χ1v) is 5.21. The van der Waals surface area contributed by atoms with Gasteiger partial charge in [-0.15, -0.1) is 0 Å². The molecule has 2 fully saturated rings. The van der Waals surface area contributed by atoms with Gasteiger partial charge in [0.2, 0.25) is 0 Å². The van der Waals surface area contributed by atoms with Crippen LogP contribution in [-0.2, 0) is 0 Å². The molecule has 1 N–H and O–H groups in total. The van der Waals surface area contributed by atoms with Crippen molar-refractivity contribution < 1.29 is 0 Å². The molecule has 3 atom stereocenters. The predicted molar refractivity (Wildman–Crippen MR) is 53.6 cm³/mol. The fourth-order valence-electron chi connectivity index (χ4n) is 2.87. The normalized spacial score (nSPS) is 36.8. The van der Waals surface area contributed by atoms with Gasteiger partial charge in [-0.25, -0.2) is 0 Å². The lowest BCUT2D eigenvalue weighted by Gasteiger charge is -2.40.